The standard InChI is InChI=1S/C7H20N3P/c1-8(2)11(7,9(3)4)10(5)6/h7H2,1-6H3. The van der Waals surface area contributed by atoms with Crippen molar-refractivity contribution in [1.29, 1.82) is 0 Å². The van der Waals surface area contributed by atoms with Crippen molar-refractivity contribution in [2.24, 2.45) is 0 Å². The summed E-state index contributed by atoms with van der Waals surface area (Å²) < 4.78 is 6.56. The lowest BCUT2D eigenvalue weighted by Gasteiger charge is -2.41. The van der Waals surface area contributed by atoms with Crippen LogP contribution in [-0.2, 0) is 0 Å². The number of nitrogens with zero attached hydrogens (tertiary/aromatic N) is 3. The molecule has 0 N–H and O–H groups in total. The SMILES string of the molecule is C=P(N(C)C)(N(C)C)N(C)C. The molecule has 0 fully saturated rings. The van der Waals surface area contributed by atoms with Gasteiger partial charge in [-0.05, 0) is 42.3 Å². The molecule has 0 unspecified atom stereocenters. The van der Waals surface area contributed by atoms with E-state index in [1.807, 2.05) is 0 Å². The fourth-order valence-corrected chi connectivity index (χ4v) is 3.22. The molecule has 0 aliphatic heterocycles. The molecule has 0 aromatic carbocycles. The Labute approximate surface area is 70.7 Å². The minimum Gasteiger partial charge on any atom is -0.267 e. The van der Waals surface area contributed by atoms with Crippen molar-refractivity contribution in [2.75, 3.05) is 42.3 Å². The first kappa shape index (κ1) is 11.2. The van der Waals surface area contributed by atoms with Crippen molar-refractivity contribution in [3.05, 3.63) is 0 Å². The van der Waals surface area contributed by atoms with Crippen LogP contribution >= 0.6 is 7.34 Å². The highest BCUT2D eigenvalue weighted by Gasteiger charge is 2.21. The maximum absolute atomic E-state index is 4.26. The highest BCUT2D eigenvalue weighted by molar-refractivity contribution is 7.66. The molecule has 0 atom stereocenters. The average molecular weight is 177 g/mol. The molecular formula is C7H20N3P. The van der Waals surface area contributed by atoms with Crippen LogP contribution in [0.1, 0.15) is 0 Å². The van der Waals surface area contributed by atoms with E-state index in [2.05, 4.69) is 62.6 Å². The van der Waals surface area contributed by atoms with Crippen molar-refractivity contribution in [3.63, 3.8) is 0 Å². The zero-order valence-corrected chi connectivity index (χ0v) is 9.39. The molecule has 68 valence electrons. The minimum absolute atomic E-state index is 1.44. The summed E-state index contributed by atoms with van der Waals surface area (Å²) in [5.74, 6) is 0. The summed E-state index contributed by atoms with van der Waals surface area (Å²) in [6, 6.07) is 0. The molecule has 11 heavy (non-hydrogen) atoms. The second-order valence-corrected chi connectivity index (χ2v) is 7.02. The van der Waals surface area contributed by atoms with E-state index in [-0.39, 0.29) is 0 Å². The monoisotopic (exact) mass is 177 g/mol. The summed E-state index contributed by atoms with van der Waals surface area (Å²) >= 11 is 0. The first-order valence-electron chi connectivity index (χ1n) is 3.60. The van der Waals surface area contributed by atoms with E-state index in [0.717, 1.165) is 0 Å². The van der Waals surface area contributed by atoms with Gasteiger partial charge in [0.2, 0.25) is 0 Å². The fourth-order valence-electron chi connectivity index (χ4n) is 1.07. The Morgan fingerprint density at radius 1 is 0.727 bits per heavy atom. The van der Waals surface area contributed by atoms with Crippen LogP contribution in [0.5, 0.6) is 0 Å². The van der Waals surface area contributed by atoms with Gasteiger partial charge in [-0.25, -0.2) is 0 Å². The van der Waals surface area contributed by atoms with E-state index in [0.29, 0.717) is 0 Å². The Kier molecular flexibility index (Phi) is 3.78. The predicted octanol–water partition coefficient (Wildman–Crippen LogP) is 0.866. The van der Waals surface area contributed by atoms with Gasteiger partial charge >= 0.3 is 0 Å². The van der Waals surface area contributed by atoms with Crippen LogP contribution in [0.15, 0.2) is 0 Å². The van der Waals surface area contributed by atoms with Crippen LogP contribution in [0.3, 0.4) is 0 Å². The third-order valence-corrected chi connectivity index (χ3v) is 5.77. The summed E-state index contributed by atoms with van der Waals surface area (Å²) in [4.78, 5) is 0. The molecule has 0 spiro atoms. The zero-order valence-electron chi connectivity index (χ0n) is 8.50. The molecule has 0 saturated heterocycles. The van der Waals surface area contributed by atoms with E-state index < -0.39 is 7.34 Å². The highest BCUT2D eigenvalue weighted by Crippen LogP contribution is 2.50. The van der Waals surface area contributed by atoms with Crippen molar-refractivity contribution in [3.8, 4) is 0 Å². The molecule has 0 aliphatic rings. The van der Waals surface area contributed by atoms with Crippen LogP contribution in [0.4, 0.5) is 0 Å². The van der Waals surface area contributed by atoms with Crippen LogP contribution in [0.25, 0.3) is 0 Å². The average Bonchev–Trinajstić information content (AvgIpc) is 1.84. The second kappa shape index (κ2) is 3.72. The summed E-state index contributed by atoms with van der Waals surface area (Å²) in [6.07, 6.45) is 4.26. The molecule has 0 saturated carbocycles. The van der Waals surface area contributed by atoms with Gasteiger partial charge in [-0.15, -0.1) is 0 Å². The van der Waals surface area contributed by atoms with Gasteiger partial charge in [0.15, 0.2) is 0 Å². The molecule has 4 heteroatoms. The maximum atomic E-state index is 4.26. The molecule has 0 bridgehead atoms. The van der Waals surface area contributed by atoms with Crippen molar-refractivity contribution < 1.29 is 0 Å². The quantitative estimate of drug-likeness (QED) is 0.592. The van der Waals surface area contributed by atoms with Crippen LogP contribution < -0.4 is 0 Å². The van der Waals surface area contributed by atoms with Gasteiger partial charge in [0.05, 0.1) is 7.34 Å². The van der Waals surface area contributed by atoms with E-state index in [1.54, 1.807) is 0 Å². The van der Waals surface area contributed by atoms with Gasteiger partial charge in [-0.1, -0.05) is 6.30 Å². The van der Waals surface area contributed by atoms with Crippen LogP contribution in [0.2, 0.25) is 0 Å². The van der Waals surface area contributed by atoms with Crippen molar-refractivity contribution in [1.82, 2.24) is 14.0 Å². The van der Waals surface area contributed by atoms with E-state index >= 15 is 0 Å². The van der Waals surface area contributed by atoms with Gasteiger partial charge in [0.1, 0.15) is 0 Å². The molecule has 0 aromatic rings. The lowest BCUT2D eigenvalue weighted by atomic mass is 11.2. The Balaban J connectivity index is 4.69. The minimum atomic E-state index is -1.44. The van der Waals surface area contributed by atoms with E-state index in [9.17, 15) is 0 Å². The molecule has 0 amide bonds. The summed E-state index contributed by atoms with van der Waals surface area (Å²) in [5, 5.41) is 0. The smallest absolute Gasteiger partial charge is 0.0729 e. The summed E-state index contributed by atoms with van der Waals surface area (Å²) in [5.41, 5.74) is 0. The molecule has 0 heterocycles. The topological polar surface area (TPSA) is 9.72 Å². The number of rotatable bonds is 3. The number of hydrogen-bond acceptors (Lipinski definition) is 3. The first-order valence-corrected chi connectivity index (χ1v) is 5.43. The maximum Gasteiger partial charge on any atom is 0.0729 e. The Morgan fingerprint density at radius 3 is 0.909 bits per heavy atom. The highest BCUT2D eigenvalue weighted by atomic mass is 31.2. The summed E-state index contributed by atoms with van der Waals surface area (Å²) in [6.45, 7) is 0. The Hall–Kier alpha value is 0.180. The lowest BCUT2D eigenvalue weighted by molar-refractivity contribution is 0.484. The van der Waals surface area contributed by atoms with Gasteiger partial charge in [0, 0.05) is 0 Å². The van der Waals surface area contributed by atoms with Gasteiger partial charge in [0.25, 0.3) is 0 Å². The van der Waals surface area contributed by atoms with E-state index in [4.69, 9.17) is 0 Å². The summed E-state index contributed by atoms with van der Waals surface area (Å²) in [7, 11) is 11.0. The van der Waals surface area contributed by atoms with Gasteiger partial charge in [-0.3, -0.25) is 14.0 Å². The van der Waals surface area contributed by atoms with Crippen molar-refractivity contribution in [2.45, 2.75) is 0 Å². The predicted molar refractivity (Wildman–Crippen MR) is 55.1 cm³/mol. The molecule has 0 aliphatic carbocycles. The molecule has 0 aromatic heterocycles. The van der Waals surface area contributed by atoms with Crippen LogP contribution in [-0.4, -0.2) is 62.6 Å². The number of hydrogen-bond donors (Lipinski definition) is 0. The van der Waals surface area contributed by atoms with Crippen molar-refractivity contribution >= 4 is 13.6 Å². The molecular weight excluding hydrogens is 157 g/mol. The van der Waals surface area contributed by atoms with E-state index in [1.165, 1.54) is 0 Å². The normalized spacial score (nSPS) is 13.5. The Morgan fingerprint density at radius 2 is 0.909 bits per heavy atom. The van der Waals surface area contributed by atoms with Gasteiger partial charge in [-0.2, -0.15) is 0 Å². The largest absolute Gasteiger partial charge is 0.267 e. The lowest BCUT2D eigenvalue weighted by Crippen LogP contribution is -2.30. The molecule has 3 nitrogen and oxygen atoms in total. The Bertz CT molecular complexity index is 135. The molecule has 0 radical (unpaired) electrons. The second-order valence-electron chi connectivity index (χ2n) is 3.23. The van der Waals surface area contributed by atoms with Crippen LogP contribution in [0, 0.1) is 0 Å². The first-order chi connectivity index (χ1) is 4.83. The van der Waals surface area contributed by atoms with Gasteiger partial charge < -0.3 is 0 Å². The third-order valence-electron chi connectivity index (χ3n) is 1.92. The zero-order chi connectivity index (χ0) is 9.23. The fraction of sp³-hybridized carbons (Fsp3) is 0.857. The molecule has 0 rings (SSSR count). The third kappa shape index (κ3) is 2.06.